The van der Waals surface area contributed by atoms with Crippen LogP contribution in [-0.2, 0) is 13.0 Å². The van der Waals surface area contributed by atoms with Gasteiger partial charge in [-0.2, -0.15) is 5.10 Å². The second-order valence-corrected chi connectivity index (χ2v) is 4.93. The maximum absolute atomic E-state index is 4.34. The Balaban J connectivity index is 1.88. The summed E-state index contributed by atoms with van der Waals surface area (Å²) in [6.45, 7) is 3.11. The van der Waals surface area contributed by atoms with Crippen LogP contribution in [0.4, 0.5) is 0 Å². The lowest BCUT2D eigenvalue weighted by molar-refractivity contribution is 0.294. The maximum atomic E-state index is 4.34. The van der Waals surface area contributed by atoms with Crippen LogP contribution in [0.1, 0.15) is 38.2 Å². The molecule has 0 radical (unpaired) electrons. The van der Waals surface area contributed by atoms with E-state index >= 15 is 0 Å². The van der Waals surface area contributed by atoms with E-state index in [4.69, 9.17) is 0 Å². The van der Waals surface area contributed by atoms with Crippen LogP contribution in [0.2, 0.25) is 0 Å². The Morgan fingerprint density at radius 2 is 2.38 bits per heavy atom. The largest absolute Gasteiger partial charge is 0.317 e. The van der Waals surface area contributed by atoms with E-state index < -0.39 is 0 Å². The Kier molecular flexibility index (Phi) is 3.99. The Hall–Kier alpha value is -0.830. The Morgan fingerprint density at radius 1 is 1.50 bits per heavy atom. The molecule has 2 unspecified atom stereocenters. The molecule has 1 saturated carbocycles. The van der Waals surface area contributed by atoms with Crippen LogP contribution in [0.25, 0.3) is 0 Å². The van der Waals surface area contributed by atoms with Crippen molar-refractivity contribution in [3.63, 3.8) is 0 Å². The van der Waals surface area contributed by atoms with Crippen molar-refractivity contribution in [1.29, 1.82) is 0 Å². The van der Waals surface area contributed by atoms with Gasteiger partial charge >= 0.3 is 0 Å². The summed E-state index contributed by atoms with van der Waals surface area (Å²) in [4.78, 5) is 0. The van der Waals surface area contributed by atoms with Crippen molar-refractivity contribution in [2.75, 3.05) is 7.05 Å². The lowest BCUT2D eigenvalue weighted by atomic mass is 9.82. The highest BCUT2D eigenvalue weighted by atomic mass is 15.3. The molecule has 0 saturated heterocycles. The van der Waals surface area contributed by atoms with Crippen molar-refractivity contribution in [2.45, 2.75) is 51.6 Å². The van der Waals surface area contributed by atoms with Gasteiger partial charge in [0.05, 0.1) is 6.20 Å². The summed E-state index contributed by atoms with van der Waals surface area (Å²) in [6, 6.07) is 0.736. The lowest BCUT2D eigenvalue weighted by Gasteiger charge is -2.28. The van der Waals surface area contributed by atoms with Gasteiger partial charge in [-0.3, -0.25) is 4.68 Å². The average molecular weight is 221 g/mol. The van der Waals surface area contributed by atoms with Crippen molar-refractivity contribution >= 4 is 0 Å². The quantitative estimate of drug-likeness (QED) is 0.845. The van der Waals surface area contributed by atoms with Crippen molar-refractivity contribution in [3.05, 3.63) is 18.0 Å². The van der Waals surface area contributed by atoms with Crippen LogP contribution < -0.4 is 5.32 Å². The van der Waals surface area contributed by atoms with Gasteiger partial charge in [0.2, 0.25) is 0 Å². The molecule has 0 aromatic carbocycles. The summed E-state index contributed by atoms with van der Waals surface area (Å²) in [7, 11) is 2.09. The molecule has 3 nitrogen and oxygen atoms in total. The maximum Gasteiger partial charge on any atom is 0.0521 e. The predicted octanol–water partition coefficient (Wildman–Crippen LogP) is 2.22. The molecule has 0 bridgehead atoms. The summed E-state index contributed by atoms with van der Waals surface area (Å²) in [5.41, 5.74) is 1.41. The standard InChI is InChI=1S/C13H23N3/c1-3-16-10-12(9-15-16)7-11-5-4-6-13(8-11)14-2/h9-11,13-14H,3-8H2,1-2H3. The number of aromatic nitrogens is 2. The van der Waals surface area contributed by atoms with E-state index in [0.717, 1.165) is 18.5 Å². The average Bonchev–Trinajstić information content (AvgIpc) is 2.77. The van der Waals surface area contributed by atoms with E-state index in [1.54, 1.807) is 0 Å². The van der Waals surface area contributed by atoms with Gasteiger partial charge in [-0.1, -0.05) is 12.8 Å². The van der Waals surface area contributed by atoms with Crippen molar-refractivity contribution in [3.8, 4) is 0 Å². The molecule has 16 heavy (non-hydrogen) atoms. The number of nitrogens with zero attached hydrogens (tertiary/aromatic N) is 2. The first-order chi connectivity index (χ1) is 7.81. The summed E-state index contributed by atoms with van der Waals surface area (Å²) in [5.74, 6) is 0.848. The number of hydrogen-bond acceptors (Lipinski definition) is 2. The van der Waals surface area contributed by atoms with Gasteiger partial charge in [-0.05, 0) is 44.7 Å². The number of hydrogen-bond donors (Lipinski definition) is 1. The molecule has 1 heterocycles. The topological polar surface area (TPSA) is 29.9 Å². The second-order valence-electron chi connectivity index (χ2n) is 4.93. The Morgan fingerprint density at radius 3 is 3.06 bits per heavy atom. The predicted molar refractivity (Wildman–Crippen MR) is 66.4 cm³/mol. The van der Waals surface area contributed by atoms with Crippen molar-refractivity contribution < 1.29 is 0 Å². The fraction of sp³-hybridized carbons (Fsp3) is 0.769. The zero-order chi connectivity index (χ0) is 11.4. The normalized spacial score (nSPS) is 25.9. The Labute approximate surface area is 98.2 Å². The lowest BCUT2D eigenvalue weighted by Crippen LogP contribution is -2.31. The monoisotopic (exact) mass is 221 g/mol. The van der Waals surface area contributed by atoms with Crippen molar-refractivity contribution in [2.24, 2.45) is 5.92 Å². The molecular weight excluding hydrogens is 198 g/mol. The molecule has 90 valence electrons. The zero-order valence-corrected chi connectivity index (χ0v) is 10.4. The molecule has 1 fully saturated rings. The highest BCUT2D eigenvalue weighted by Gasteiger charge is 2.21. The third-order valence-corrected chi connectivity index (χ3v) is 3.73. The first kappa shape index (κ1) is 11.6. The molecule has 1 aliphatic carbocycles. The van der Waals surface area contributed by atoms with Crippen LogP contribution in [0.3, 0.4) is 0 Å². The molecule has 2 rings (SSSR count). The van der Waals surface area contributed by atoms with E-state index in [-0.39, 0.29) is 0 Å². The summed E-state index contributed by atoms with van der Waals surface area (Å²) >= 11 is 0. The van der Waals surface area contributed by atoms with Gasteiger partial charge in [0.25, 0.3) is 0 Å². The molecule has 1 aliphatic rings. The number of rotatable bonds is 4. The fourth-order valence-corrected chi connectivity index (χ4v) is 2.76. The highest BCUT2D eigenvalue weighted by molar-refractivity contribution is 5.05. The van der Waals surface area contributed by atoms with Crippen LogP contribution >= 0.6 is 0 Å². The molecule has 2 atom stereocenters. The van der Waals surface area contributed by atoms with E-state index in [9.17, 15) is 0 Å². The molecule has 1 aromatic rings. The van der Waals surface area contributed by atoms with Gasteiger partial charge in [0, 0.05) is 18.8 Å². The van der Waals surface area contributed by atoms with Crippen molar-refractivity contribution in [1.82, 2.24) is 15.1 Å². The van der Waals surface area contributed by atoms with Gasteiger partial charge < -0.3 is 5.32 Å². The minimum atomic E-state index is 0.736. The van der Waals surface area contributed by atoms with Crippen LogP contribution in [0, 0.1) is 5.92 Å². The number of aryl methyl sites for hydroxylation is 1. The zero-order valence-electron chi connectivity index (χ0n) is 10.4. The van der Waals surface area contributed by atoms with Crippen LogP contribution in [-0.4, -0.2) is 22.9 Å². The first-order valence-electron chi connectivity index (χ1n) is 6.50. The van der Waals surface area contributed by atoms with Gasteiger partial charge in [-0.15, -0.1) is 0 Å². The van der Waals surface area contributed by atoms with E-state index in [1.807, 2.05) is 10.9 Å². The second kappa shape index (κ2) is 5.48. The van der Waals surface area contributed by atoms with Crippen LogP contribution in [0.5, 0.6) is 0 Å². The summed E-state index contributed by atoms with van der Waals surface area (Å²) in [5, 5.41) is 7.76. The molecule has 0 spiro atoms. The third-order valence-electron chi connectivity index (χ3n) is 3.73. The minimum absolute atomic E-state index is 0.736. The smallest absolute Gasteiger partial charge is 0.0521 e. The Bertz CT molecular complexity index is 319. The first-order valence-corrected chi connectivity index (χ1v) is 6.50. The molecule has 1 N–H and O–H groups in total. The van der Waals surface area contributed by atoms with Gasteiger partial charge in [0.15, 0.2) is 0 Å². The number of nitrogens with one attached hydrogen (secondary N) is 1. The fourth-order valence-electron chi connectivity index (χ4n) is 2.76. The minimum Gasteiger partial charge on any atom is -0.317 e. The molecule has 0 aliphatic heterocycles. The third kappa shape index (κ3) is 2.85. The molecule has 1 aromatic heterocycles. The van der Waals surface area contributed by atoms with Gasteiger partial charge in [0.1, 0.15) is 0 Å². The summed E-state index contributed by atoms with van der Waals surface area (Å²) in [6.07, 6.45) is 10.9. The molecule has 0 amide bonds. The van der Waals surface area contributed by atoms with Gasteiger partial charge in [-0.25, -0.2) is 0 Å². The molecule has 3 heteroatoms. The van der Waals surface area contributed by atoms with E-state index in [2.05, 4.69) is 30.6 Å². The summed E-state index contributed by atoms with van der Waals surface area (Å²) < 4.78 is 2.02. The highest BCUT2D eigenvalue weighted by Crippen LogP contribution is 2.27. The molecular formula is C13H23N3. The van der Waals surface area contributed by atoms with Crippen LogP contribution in [0.15, 0.2) is 12.4 Å². The van der Waals surface area contributed by atoms with E-state index in [1.165, 1.54) is 37.7 Å². The SMILES string of the molecule is CCn1cc(CC2CCCC(NC)C2)cn1. The van der Waals surface area contributed by atoms with E-state index in [0.29, 0.717) is 0 Å².